The Balaban J connectivity index is 2.57. The van der Waals surface area contributed by atoms with Crippen LogP contribution in [0, 0.1) is 5.92 Å². The van der Waals surface area contributed by atoms with E-state index >= 15 is 0 Å². The van der Waals surface area contributed by atoms with E-state index in [0.717, 1.165) is 13.2 Å². The van der Waals surface area contributed by atoms with E-state index in [1.165, 1.54) is 38.9 Å². The van der Waals surface area contributed by atoms with Crippen molar-refractivity contribution in [2.24, 2.45) is 5.92 Å². The molecule has 1 heterocycles. The second kappa shape index (κ2) is 8.89. The second-order valence-electron chi connectivity index (χ2n) is 5.76. The van der Waals surface area contributed by atoms with Crippen LogP contribution in [0.2, 0.25) is 0 Å². The lowest BCUT2D eigenvalue weighted by Gasteiger charge is -2.35. The van der Waals surface area contributed by atoms with Crippen molar-refractivity contribution in [1.29, 1.82) is 0 Å². The Labute approximate surface area is 113 Å². The molecule has 1 aliphatic heterocycles. The highest BCUT2D eigenvalue weighted by Crippen LogP contribution is 2.16. The zero-order chi connectivity index (χ0) is 13.4. The monoisotopic (exact) mass is 256 g/mol. The topological polar surface area (TPSA) is 24.5 Å². The van der Waals surface area contributed by atoms with Gasteiger partial charge in [0.1, 0.15) is 0 Å². The first kappa shape index (κ1) is 15.9. The van der Waals surface area contributed by atoms with Crippen LogP contribution in [0.25, 0.3) is 0 Å². The Morgan fingerprint density at radius 2 is 2.11 bits per heavy atom. The molecule has 0 amide bonds. The highest BCUT2D eigenvalue weighted by Gasteiger charge is 2.25. The lowest BCUT2D eigenvalue weighted by atomic mass is 10.0. The minimum atomic E-state index is 0.573. The van der Waals surface area contributed by atoms with E-state index in [9.17, 15) is 0 Å². The first-order valence-corrected chi connectivity index (χ1v) is 7.74. The van der Waals surface area contributed by atoms with E-state index < -0.39 is 0 Å². The van der Waals surface area contributed by atoms with Gasteiger partial charge in [-0.1, -0.05) is 27.2 Å². The SMILES string of the molecule is CCCC1CN(C(COCC)C(C)C)CCCN1. The molecular weight excluding hydrogens is 224 g/mol. The second-order valence-corrected chi connectivity index (χ2v) is 5.76. The lowest BCUT2D eigenvalue weighted by molar-refractivity contribution is 0.0429. The van der Waals surface area contributed by atoms with E-state index in [2.05, 4.69) is 37.9 Å². The van der Waals surface area contributed by atoms with Crippen molar-refractivity contribution in [3.63, 3.8) is 0 Å². The third-order valence-corrected chi connectivity index (χ3v) is 3.88. The van der Waals surface area contributed by atoms with Crippen molar-refractivity contribution in [1.82, 2.24) is 10.2 Å². The van der Waals surface area contributed by atoms with Crippen molar-refractivity contribution >= 4 is 0 Å². The van der Waals surface area contributed by atoms with E-state index in [-0.39, 0.29) is 0 Å². The van der Waals surface area contributed by atoms with Gasteiger partial charge in [0.2, 0.25) is 0 Å². The molecule has 0 bridgehead atoms. The van der Waals surface area contributed by atoms with Gasteiger partial charge in [-0.3, -0.25) is 4.90 Å². The van der Waals surface area contributed by atoms with Crippen LogP contribution in [0.4, 0.5) is 0 Å². The molecule has 108 valence electrons. The fourth-order valence-corrected chi connectivity index (χ4v) is 2.83. The fourth-order valence-electron chi connectivity index (χ4n) is 2.83. The molecule has 0 aliphatic carbocycles. The van der Waals surface area contributed by atoms with Crippen molar-refractivity contribution in [2.75, 3.05) is 32.8 Å². The highest BCUT2D eigenvalue weighted by molar-refractivity contribution is 4.82. The van der Waals surface area contributed by atoms with Gasteiger partial charge in [0.25, 0.3) is 0 Å². The Morgan fingerprint density at radius 3 is 2.72 bits per heavy atom. The van der Waals surface area contributed by atoms with Crippen LogP contribution in [0.5, 0.6) is 0 Å². The van der Waals surface area contributed by atoms with Gasteiger partial charge in [-0.05, 0) is 38.8 Å². The Hall–Kier alpha value is -0.120. The molecule has 3 nitrogen and oxygen atoms in total. The van der Waals surface area contributed by atoms with Crippen molar-refractivity contribution in [3.05, 3.63) is 0 Å². The molecule has 3 heteroatoms. The first-order chi connectivity index (χ1) is 8.69. The zero-order valence-electron chi connectivity index (χ0n) is 12.7. The Bertz CT molecular complexity index is 209. The van der Waals surface area contributed by atoms with Gasteiger partial charge in [-0.15, -0.1) is 0 Å². The van der Waals surface area contributed by atoms with Gasteiger partial charge >= 0.3 is 0 Å². The molecule has 0 aromatic heterocycles. The van der Waals surface area contributed by atoms with E-state index in [0.29, 0.717) is 18.0 Å². The van der Waals surface area contributed by atoms with Gasteiger partial charge < -0.3 is 10.1 Å². The number of nitrogens with one attached hydrogen (secondary N) is 1. The third-order valence-electron chi connectivity index (χ3n) is 3.88. The van der Waals surface area contributed by atoms with Crippen LogP contribution < -0.4 is 5.32 Å². The molecule has 1 rings (SSSR count). The minimum Gasteiger partial charge on any atom is -0.380 e. The molecule has 0 spiro atoms. The van der Waals surface area contributed by atoms with E-state index in [4.69, 9.17) is 4.74 Å². The average molecular weight is 256 g/mol. The van der Waals surface area contributed by atoms with Crippen LogP contribution in [0.1, 0.15) is 47.0 Å². The summed E-state index contributed by atoms with van der Waals surface area (Å²) in [6.45, 7) is 14.3. The molecule has 1 fully saturated rings. The molecule has 0 saturated carbocycles. The molecule has 0 aromatic rings. The molecule has 2 atom stereocenters. The maximum Gasteiger partial charge on any atom is 0.0624 e. The largest absolute Gasteiger partial charge is 0.380 e. The van der Waals surface area contributed by atoms with Crippen LogP contribution >= 0.6 is 0 Å². The number of hydrogen-bond acceptors (Lipinski definition) is 3. The highest BCUT2D eigenvalue weighted by atomic mass is 16.5. The molecule has 2 unspecified atom stereocenters. The van der Waals surface area contributed by atoms with Crippen LogP contribution in [0.15, 0.2) is 0 Å². The quantitative estimate of drug-likeness (QED) is 0.757. The number of nitrogens with zero attached hydrogens (tertiary/aromatic N) is 1. The fraction of sp³-hybridized carbons (Fsp3) is 1.00. The predicted molar refractivity (Wildman–Crippen MR) is 78.0 cm³/mol. The summed E-state index contributed by atoms with van der Waals surface area (Å²) < 4.78 is 5.68. The molecular formula is C15H32N2O. The summed E-state index contributed by atoms with van der Waals surface area (Å²) in [5, 5.41) is 3.68. The van der Waals surface area contributed by atoms with Crippen LogP contribution in [-0.4, -0.2) is 49.8 Å². The van der Waals surface area contributed by atoms with Crippen molar-refractivity contribution in [3.8, 4) is 0 Å². The molecule has 1 saturated heterocycles. The van der Waals surface area contributed by atoms with Crippen LogP contribution in [-0.2, 0) is 4.74 Å². The summed E-state index contributed by atoms with van der Waals surface area (Å²) in [4.78, 5) is 2.65. The first-order valence-electron chi connectivity index (χ1n) is 7.74. The maximum absolute atomic E-state index is 5.68. The van der Waals surface area contributed by atoms with Crippen LogP contribution in [0.3, 0.4) is 0 Å². The van der Waals surface area contributed by atoms with Gasteiger partial charge in [0.05, 0.1) is 6.61 Å². The molecule has 0 radical (unpaired) electrons. The van der Waals surface area contributed by atoms with Gasteiger partial charge in [-0.25, -0.2) is 0 Å². The van der Waals surface area contributed by atoms with Gasteiger partial charge in [0, 0.05) is 25.2 Å². The summed E-state index contributed by atoms with van der Waals surface area (Å²) in [5.74, 6) is 0.664. The minimum absolute atomic E-state index is 0.573. The Morgan fingerprint density at radius 1 is 1.33 bits per heavy atom. The van der Waals surface area contributed by atoms with Crippen molar-refractivity contribution in [2.45, 2.75) is 59.0 Å². The maximum atomic E-state index is 5.68. The average Bonchev–Trinajstić information content (AvgIpc) is 2.55. The Kier molecular flexibility index (Phi) is 7.87. The third kappa shape index (κ3) is 5.25. The van der Waals surface area contributed by atoms with Crippen molar-refractivity contribution < 1.29 is 4.74 Å². The summed E-state index contributed by atoms with van der Waals surface area (Å²) in [5.41, 5.74) is 0. The normalized spacial score (nSPS) is 24.2. The van der Waals surface area contributed by atoms with E-state index in [1.54, 1.807) is 0 Å². The van der Waals surface area contributed by atoms with Gasteiger partial charge in [-0.2, -0.15) is 0 Å². The standard InChI is InChI=1S/C15H32N2O/c1-5-8-14-11-17(10-7-9-16-14)15(13(3)4)12-18-6-2/h13-16H,5-12H2,1-4H3. The summed E-state index contributed by atoms with van der Waals surface area (Å²) in [6, 6.07) is 1.24. The number of hydrogen-bond donors (Lipinski definition) is 1. The molecule has 1 N–H and O–H groups in total. The predicted octanol–water partition coefficient (Wildman–Crippen LogP) is 2.51. The molecule has 0 aromatic carbocycles. The summed E-state index contributed by atoms with van der Waals surface area (Å²) in [6.07, 6.45) is 3.81. The lowest BCUT2D eigenvalue weighted by Crippen LogP contribution is -2.47. The smallest absolute Gasteiger partial charge is 0.0624 e. The zero-order valence-corrected chi connectivity index (χ0v) is 12.7. The summed E-state index contributed by atoms with van der Waals surface area (Å²) in [7, 11) is 0. The number of ether oxygens (including phenoxy) is 1. The number of rotatable bonds is 7. The molecule has 1 aliphatic rings. The van der Waals surface area contributed by atoms with E-state index in [1.807, 2.05) is 0 Å². The molecule has 18 heavy (non-hydrogen) atoms. The van der Waals surface area contributed by atoms with Gasteiger partial charge in [0.15, 0.2) is 0 Å². The summed E-state index contributed by atoms with van der Waals surface area (Å²) >= 11 is 0.